The number of amides is 1. The molecule has 106 valence electrons. The Morgan fingerprint density at radius 1 is 1.14 bits per heavy atom. The number of benzene rings is 2. The second kappa shape index (κ2) is 5.94. The highest BCUT2D eigenvalue weighted by Crippen LogP contribution is 2.23. The fourth-order valence-electron chi connectivity index (χ4n) is 2.07. The van der Waals surface area contributed by atoms with Crippen molar-refractivity contribution in [3.8, 4) is 17.3 Å². The maximum Gasteiger partial charge on any atom is 0.261 e. The van der Waals surface area contributed by atoms with Crippen LogP contribution in [-0.4, -0.2) is 11.1 Å². The average molecular weight is 289 g/mol. The van der Waals surface area contributed by atoms with Gasteiger partial charge in [-0.15, -0.1) is 0 Å². The number of carbonyl (C=O) groups is 1. The lowest BCUT2D eigenvalue weighted by molar-refractivity contribution is 0.102. The molecule has 0 fully saturated rings. The molecule has 0 aliphatic carbocycles. The van der Waals surface area contributed by atoms with E-state index in [1.807, 2.05) is 36.4 Å². The molecule has 2 aromatic carbocycles. The Morgan fingerprint density at radius 3 is 2.73 bits per heavy atom. The fourth-order valence-corrected chi connectivity index (χ4v) is 2.07. The van der Waals surface area contributed by atoms with Crippen molar-refractivity contribution in [1.29, 1.82) is 5.26 Å². The standard InChI is InChI=1S/C17H11N3O2/c18-10-12-5-4-8-14(9-12)19-17(21)15-11-22-20-16(15)13-6-2-1-3-7-13/h1-9,11H,(H,19,21). The van der Waals surface area contributed by atoms with Gasteiger partial charge < -0.3 is 9.84 Å². The van der Waals surface area contributed by atoms with Crippen LogP contribution in [0.25, 0.3) is 11.3 Å². The van der Waals surface area contributed by atoms with Crippen molar-refractivity contribution in [2.75, 3.05) is 5.32 Å². The zero-order chi connectivity index (χ0) is 15.4. The molecule has 0 radical (unpaired) electrons. The Kier molecular flexibility index (Phi) is 3.67. The summed E-state index contributed by atoms with van der Waals surface area (Å²) in [5.41, 5.74) is 2.64. The van der Waals surface area contributed by atoms with Gasteiger partial charge in [-0.05, 0) is 18.2 Å². The second-order valence-electron chi connectivity index (χ2n) is 4.59. The summed E-state index contributed by atoms with van der Waals surface area (Å²) in [6, 6.07) is 18.0. The molecule has 1 amide bonds. The minimum Gasteiger partial charge on any atom is -0.363 e. The van der Waals surface area contributed by atoms with Crippen molar-refractivity contribution >= 4 is 11.6 Å². The molecule has 0 aliphatic heterocycles. The average Bonchev–Trinajstić information content (AvgIpc) is 3.05. The number of hydrogen-bond acceptors (Lipinski definition) is 4. The van der Waals surface area contributed by atoms with E-state index in [1.165, 1.54) is 6.26 Å². The van der Waals surface area contributed by atoms with E-state index in [-0.39, 0.29) is 5.91 Å². The van der Waals surface area contributed by atoms with E-state index < -0.39 is 0 Å². The lowest BCUT2D eigenvalue weighted by Gasteiger charge is -2.05. The van der Waals surface area contributed by atoms with Gasteiger partial charge in [0, 0.05) is 11.3 Å². The van der Waals surface area contributed by atoms with Crippen LogP contribution in [0, 0.1) is 11.3 Å². The predicted octanol–water partition coefficient (Wildman–Crippen LogP) is 3.47. The maximum absolute atomic E-state index is 12.4. The summed E-state index contributed by atoms with van der Waals surface area (Å²) in [7, 11) is 0. The van der Waals surface area contributed by atoms with E-state index in [0.29, 0.717) is 22.5 Å². The van der Waals surface area contributed by atoms with Gasteiger partial charge in [-0.25, -0.2) is 0 Å². The van der Waals surface area contributed by atoms with Crippen LogP contribution in [0.2, 0.25) is 0 Å². The van der Waals surface area contributed by atoms with Crippen molar-refractivity contribution in [3.05, 3.63) is 72.0 Å². The van der Waals surface area contributed by atoms with Crippen LogP contribution in [0.3, 0.4) is 0 Å². The van der Waals surface area contributed by atoms with Crippen LogP contribution in [0.5, 0.6) is 0 Å². The van der Waals surface area contributed by atoms with Crippen LogP contribution >= 0.6 is 0 Å². The molecule has 1 aromatic heterocycles. The number of hydrogen-bond donors (Lipinski definition) is 1. The molecular formula is C17H11N3O2. The summed E-state index contributed by atoms with van der Waals surface area (Å²) in [5, 5.41) is 15.5. The molecule has 0 atom stereocenters. The predicted molar refractivity (Wildman–Crippen MR) is 81.0 cm³/mol. The number of nitrogens with one attached hydrogen (secondary N) is 1. The van der Waals surface area contributed by atoms with E-state index in [0.717, 1.165) is 5.56 Å². The smallest absolute Gasteiger partial charge is 0.261 e. The maximum atomic E-state index is 12.4. The monoisotopic (exact) mass is 289 g/mol. The Labute approximate surface area is 126 Å². The van der Waals surface area contributed by atoms with Crippen molar-refractivity contribution in [1.82, 2.24) is 5.16 Å². The van der Waals surface area contributed by atoms with Crippen molar-refractivity contribution in [3.63, 3.8) is 0 Å². The summed E-state index contributed by atoms with van der Waals surface area (Å²) in [6.45, 7) is 0. The van der Waals surface area contributed by atoms with Gasteiger partial charge in [-0.1, -0.05) is 41.6 Å². The van der Waals surface area contributed by atoms with Gasteiger partial charge in [-0.3, -0.25) is 4.79 Å². The first-order valence-corrected chi connectivity index (χ1v) is 6.59. The highest BCUT2D eigenvalue weighted by Gasteiger charge is 2.17. The molecule has 1 N–H and O–H groups in total. The van der Waals surface area contributed by atoms with Crippen LogP contribution in [0.15, 0.2) is 65.4 Å². The molecule has 0 aliphatic rings. The van der Waals surface area contributed by atoms with E-state index in [2.05, 4.69) is 10.5 Å². The minimum atomic E-state index is -0.338. The number of rotatable bonds is 3. The van der Waals surface area contributed by atoms with E-state index in [1.54, 1.807) is 24.3 Å². The molecule has 0 saturated heterocycles. The SMILES string of the molecule is N#Cc1cccc(NC(=O)c2conc2-c2ccccc2)c1. The molecule has 3 aromatic rings. The normalized spacial score (nSPS) is 9.95. The first-order chi connectivity index (χ1) is 10.8. The largest absolute Gasteiger partial charge is 0.363 e. The van der Waals surface area contributed by atoms with Gasteiger partial charge >= 0.3 is 0 Å². The first kappa shape index (κ1) is 13.6. The lowest BCUT2D eigenvalue weighted by atomic mass is 10.1. The Bertz CT molecular complexity index is 848. The fraction of sp³-hybridized carbons (Fsp3) is 0. The van der Waals surface area contributed by atoms with Gasteiger partial charge in [0.15, 0.2) is 0 Å². The Hall–Kier alpha value is -3.39. The summed E-state index contributed by atoms with van der Waals surface area (Å²) in [5.74, 6) is -0.338. The molecule has 22 heavy (non-hydrogen) atoms. The minimum absolute atomic E-state index is 0.338. The summed E-state index contributed by atoms with van der Waals surface area (Å²) >= 11 is 0. The van der Waals surface area contributed by atoms with Crippen molar-refractivity contribution in [2.24, 2.45) is 0 Å². The zero-order valence-corrected chi connectivity index (χ0v) is 11.5. The summed E-state index contributed by atoms with van der Waals surface area (Å²) < 4.78 is 4.94. The molecule has 5 heteroatoms. The summed E-state index contributed by atoms with van der Waals surface area (Å²) in [6.07, 6.45) is 1.31. The third kappa shape index (κ3) is 2.72. The van der Waals surface area contributed by atoms with Gasteiger partial charge in [0.05, 0.1) is 11.6 Å². The molecule has 0 saturated carbocycles. The third-order valence-electron chi connectivity index (χ3n) is 3.11. The van der Waals surface area contributed by atoms with Crippen LogP contribution in [0.4, 0.5) is 5.69 Å². The van der Waals surface area contributed by atoms with Crippen LogP contribution in [0.1, 0.15) is 15.9 Å². The number of nitriles is 1. The van der Waals surface area contributed by atoms with E-state index in [9.17, 15) is 4.79 Å². The van der Waals surface area contributed by atoms with Crippen molar-refractivity contribution in [2.45, 2.75) is 0 Å². The van der Waals surface area contributed by atoms with Crippen molar-refractivity contribution < 1.29 is 9.32 Å². The molecule has 3 rings (SSSR count). The molecular weight excluding hydrogens is 278 g/mol. The van der Waals surface area contributed by atoms with E-state index in [4.69, 9.17) is 9.78 Å². The van der Waals surface area contributed by atoms with Gasteiger partial charge in [0.1, 0.15) is 17.5 Å². The lowest BCUT2D eigenvalue weighted by Crippen LogP contribution is -2.12. The Morgan fingerprint density at radius 2 is 1.95 bits per heavy atom. The highest BCUT2D eigenvalue weighted by molar-refractivity contribution is 6.07. The number of anilines is 1. The quantitative estimate of drug-likeness (QED) is 0.800. The number of aromatic nitrogens is 1. The third-order valence-corrected chi connectivity index (χ3v) is 3.11. The molecule has 0 unspecified atom stereocenters. The second-order valence-corrected chi connectivity index (χ2v) is 4.59. The topological polar surface area (TPSA) is 78.9 Å². The first-order valence-electron chi connectivity index (χ1n) is 6.59. The molecule has 0 spiro atoms. The van der Waals surface area contributed by atoms with Gasteiger partial charge in [-0.2, -0.15) is 5.26 Å². The number of nitrogens with zero attached hydrogens (tertiary/aromatic N) is 2. The molecule has 0 bridgehead atoms. The van der Waals surface area contributed by atoms with Crippen LogP contribution < -0.4 is 5.32 Å². The van der Waals surface area contributed by atoms with Crippen LogP contribution in [-0.2, 0) is 0 Å². The molecule has 1 heterocycles. The zero-order valence-electron chi connectivity index (χ0n) is 11.5. The van der Waals surface area contributed by atoms with Gasteiger partial charge in [0.2, 0.25) is 0 Å². The number of carbonyl (C=O) groups excluding carboxylic acids is 1. The van der Waals surface area contributed by atoms with E-state index >= 15 is 0 Å². The molecule has 5 nitrogen and oxygen atoms in total. The highest BCUT2D eigenvalue weighted by atomic mass is 16.5. The Balaban J connectivity index is 1.88. The summed E-state index contributed by atoms with van der Waals surface area (Å²) in [4.78, 5) is 12.4. The van der Waals surface area contributed by atoms with Gasteiger partial charge in [0.25, 0.3) is 5.91 Å².